The largest absolute Gasteiger partial charge is 0.481 e. The summed E-state index contributed by atoms with van der Waals surface area (Å²) in [6.45, 7) is 4.08. The van der Waals surface area contributed by atoms with Gasteiger partial charge in [0, 0.05) is 24.4 Å². The number of amides is 2. The van der Waals surface area contributed by atoms with E-state index in [-0.39, 0.29) is 48.8 Å². The molecule has 0 saturated heterocycles. The molecular weight excluding hydrogens is 444 g/mol. The van der Waals surface area contributed by atoms with E-state index in [1.165, 1.54) is 22.3 Å². The van der Waals surface area contributed by atoms with Gasteiger partial charge in [-0.15, -0.1) is 0 Å². The Bertz CT molecular complexity index is 1040. The highest BCUT2D eigenvalue weighted by Crippen LogP contribution is 2.44. The maximum Gasteiger partial charge on any atom is 0.407 e. The summed E-state index contributed by atoms with van der Waals surface area (Å²) in [5.74, 6) is -0.824. The van der Waals surface area contributed by atoms with Crippen molar-refractivity contribution < 1.29 is 24.2 Å². The van der Waals surface area contributed by atoms with Crippen LogP contribution in [0.2, 0.25) is 0 Å². The van der Waals surface area contributed by atoms with Gasteiger partial charge in [0.15, 0.2) is 0 Å². The van der Waals surface area contributed by atoms with Crippen LogP contribution in [0.4, 0.5) is 4.79 Å². The highest BCUT2D eigenvalue weighted by atomic mass is 16.5. The van der Waals surface area contributed by atoms with Gasteiger partial charge in [-0.05, 0) is 53.4 Å². The standard InChI is InChI=1S/C28H34N2O5/c1-17(2)25(15-27(32)33)30-26(31)14-18-11-12-19(13-18)29-28(34)35-16-24-22-9-5-3-7-20(22)21-8-4-6-10-23(21)24/h3-10,17-19,24-25H,11-16H2,1-2H3,(H,29,34)(H,30,31)(H,32,33)/t18-,19+,25-/m0/s1. The monoisotopic (exact) mass is 478 g/mol. The van der Waals surface area contributed by atoms with Crippen LogP contribution in [0.3, 0.4) is 0 Å². The molecule has 0 heterocycles. The Hall–Kier alpha value is -3.35. The lowest BCUT2D eigenvalue weighted by atomic mass is 9.98. The molecule has 3 atom stereocenters. The molecule has 4 rings (SSSR count). The number of carbonyl (C=O) groups excluding carboxylic acids is 2. The van der Waals surface area contributed by atoms with E-state index in [0.717, 1.165) is 12.8 Å². The van der Waals surface area contributed by atoms with E-state index in [4.69, 9.17) is 9.84 Å². The van der Waals surface area contributed by atoms with E-state index < -0.39 is 12.1 Å². The zero-order valence-corrected chi connectivity index (χ0v) is 20.3. The average Bonchev–Trinajstić information content (AvgIpc) is 3.38. The molecule has 3 N–H and O–H groups in total. The third kappa shape index (κ3) is 6.02. The lowest BCUT2D eigenvalue weighted by Gasteiger charge is -2.21. The average molecular weight is 479 g/mol. The van der Waals surface area contributed by atoms with E-state index in [9.17, 15) is 14.4 Å². The third-order valence-electron chi connectivity index (χ3n) is 7.23. The second-order valence-corrected chi connectivity index (χ2v) is 10.1. The van der Waals surface area contributed by atoms with Gasteiger partial charge in [-0.1, -0.05) is 62.4 Å². The van der Waals surface area contributed by atoms with Crippen molar-refractivity contribution >= 4 is 18.0 Å². The number of benzene rings is 2. The summed E-state index contributed by atoms with van der Waals surface area (Å²) < 4.78 is 5.65. The third-order valence-corrected chi connectivity index (χ3v) is 7.23. The van der Waals surface area contributed by atoms with Crippen molar-refractivity contribution in [3.63, 3.8) is 0 Å². The molecular formula is C28H34N2O5. The summed E-state index contributed by atoms with van der Waals surface area (Å²) in [5, 5.41) is 14.9. The van der Waals surface area contributed by atoms with Crippen molar-refractivity contribution in [1.29, 1.82) is 0 Å². The topological polar surface area (TPSA) is 105 Å². The molecule has 1 saturated carbocycles. The summed E-state index contributed by atoms with van der Waals surface area (Å²) in [6.07, 6.45) is 2.18. The van der Waals surface area contributed by atoms with Crippen molar-refractivity contribution in [2.45, 2.75) is 64.0 Å². The minimum Gasteiger partial charge on any atom is -0.481 e. The van der Waals surface area contributed by atoms with Crippen LogP contribution in [0.25, 0.3) is 11.1 Å². The molecule has 35 heavy (non-hydrogen) atoms. The normalized spacial score (nSPS) is 19.6. The first-order chi connectivity index (χ1) is 16.8. The fourth-order valence-corrected chi connectivity index (χ4v) is 5.37. The number of carboxylic acid groups (broad SMARTS) is 1. The summed E-state index contributed by atoms with van der Waals surface area (Å²) >= 11 is 0. The quantitative estimate of drug-likeness (QED) is 0.485. The Morgan fingerprint density at radius 1 is 1.00 bits per heavy atom. The number of carbonyl (C=O) groups is 3. The predicted molar refractivity (Wildman–Crippen MR) is 133 cm³/mol. The smallest absolute Gasteiger partial charge is 0.407 e. The molecule has 7 heteroatoms. The number of hydrogen-bond acceptors (Lipinski definition) is 4. The fourth-order valence-electron chi connectivity index (χ4n) is 5.37. The number of alkyl carbamates (subject to hydrolysis) is 1. The fraction of sp³-hybridized carbons (Fsp3) is 0.464. The Kier molecular flexibility index (Phi) is 7.73. The highest BCUT2D eigenvalue weighted by Gasteiger charge is 2.31. The SMILES string of the molecule is CC(C)[C@H](CC(=O)O)NC(=O)C[C@H]1CC[C@@H](NC(=O)OCC2c3ccccc3-c3ccccc32)C1. The number of ether oxygens (including phenoxy) is 1. The zero-order valence-electron chi connectivity index (χ0n) is 20.3. The van der Waals surface area contributed by atoms with E-state index in [2.05, 4.69) is 34.9 Å². The number of aliphatic carboxylic acids is 1. The molecule has 2 aliphatic carbocycles. The molecule has 0 aliphatic heterocycles. The summed E-state index contributed by atoms with van der Waals surface area (Å²) in [5.41, 5.74) is 4.74. The van der Waals surface area contributed by atoms with Crippen LogP contribution in [0.1, 0.15) is 63.0 Å². The maximum atomic E-state index is 12.6. The Balaban J connectivity index is 1.24. The lowest BCUT2D eigenvalue weighted by molar-refractivity contribution is -0.138. The van der Waals surface area contributed by atoms with E-state index in [0.29, 0.717) is 12.8 Å². The predicted octanol–water partition coefficient (Wildman–Crippen LogP) is 4.70. The van der Waals surface area contributed by atoms with Crippen LogP contribution < -0.4 is 10.6 Å². The number of nitrogens with one attached hydrogen (secondary N) is 2. The lowest BCUT2D eigenvalue weighted by Crippen LogP contribution is -2.40. The first-order valence-corrected chi connectivity index (χ1v) is 12.4. The molecule has 0 radical (unpaired) electrons. The van der Waals surface area contributed by atoms with Gasteiger partial charge in [0.05, 0.1) is 6.42 Å². The molecule has 0 bridgehead atoms. The van der Waals surface area contributed by atoms with Crippen LogP contribution in [0, 0.1) is 11.8 Å². The van der Waals surface area contributed by atoms with Gasteiger partial charge >= 0.3 is 12.1 Å². The van der Waals surface area contributed by atoms with Gasteiger partial charge in [-0.25, -0.2) is 4.79 Å². The maximum absolute atomic E-state index is 12.6. The van der Waals surface area contributed by atoms with E-state index in [1.54, 1.807) is 0 Å². The minimum absolute atomic E-state index is 0.0212. The van der Waals surface area contributed by atoms with Crippen molar-refractivity contribution in [3.05, 3.63) is 59.7 Å². The Morgan fingerprint density at radius 3 is 2.23 bits per heavy atom. The molecule has 1 fully saturated rings. The van der Waals surface area contributed by atoms with Gasteiger partial charge in [0.2, 0.25) is 5.91 Å². The molecule has 0 spiro atoms. The van der Waals surface area contributed by atoms with Crippen LogP contribution in [0.15, 0.2) is 48.5 Å². The van der Waals surface area contributed by atoms with Gasteiger partial charge in [-0.2, -0.15) is 0 Å². The van der Waals surface area contributed by atoms with Crippen LogP contribution in [0.5, 0.6) is 0 Å². The Labute approximate surface area is 206 Å². The molecule has 7 nitrogen and oxygen atoms in total. The number of carboxylic acids is 1. The second-order valence-electron chi connectivity index (χ2n) is 10.1. The summed E-state index contributed by atoms with van der Waals surface area (Å²) in [7, 11) is 0. The van der Waals surface area contributed by atoms with Crippen molar-refractivity contribution in [2.75, 3.05) is 6.61 Å². The van der Waals surface area contributed by atoms with Gasteiger partial charge in [-0.3, -0.25) is 9.59 Å². The molecule has 0 aromatic heterocycles. The number of rotatable bonds is 9. The van der Waals surface area contributed by atoms with Crippen molar-refractivity contribution in [2.24, 2.45) is 11.8 Å². The zero-order chi connectivity index (χ0) is 24.9. The number of fused-ring (bicyclic) bond motifs is 3. The minimum atomic E-state index is -0.919. The van der Waals surface area contributed by atoms with E-state index >= 15 is 0 Å². The van der Waals surface area contributed by atoms with Gasteiger partial charge in [0.25, 0.3) is 0 Å². The summed E-state index contributed by atoms with van der Waals surface area (Å²) in [6, 6.07) is 16.1. The molecule has 2 aromatic carbocycles. The molecule has 2 amide bonds. The van der Waals surface area contributed by atoms with E-state index in [1.807, 2.05) is 38.1 Å². The summed E-state index contributed by atoms with van der Waals surface area (Å²) in [4.78, 5) is 36.1. The van der Waals surface area contributed by atoms with Crippen LogP contribution in [-0.2, 0) is 14.3 Å². The van der Waals surface area contributed by atoms with Crippen LogP contribution in [-0.4, -0.2) is 41.8 Å². The highest BCUT2D eigenvalue weighted by molar-refractivity contribution is 5.79. The molecule has 2 aromatic rings. The first kappa shape index (κ1) is 24.8. The Morgan fingerprint density at radius 2 is 1.63 bits per heavy atom. The second kappa shape index (κ2) is 10.9. The molecule has 2 aliphatic rings. The van der Waals surface area contributed by atoms with Crippen molar-refractivity contribution in [1.82, 2.24) is 10.6 Å². The van der Waals surface area contributed by atoms with Gasteiger partial charge in [0.1, 0.15) is 6.61 Å². The van der Waals surface area contributed by atoms with Crippen LogP contribution >= 0.6 is 0 Å². The number of hydrogen-bond donors (Lipinski definition) is 3. The first-order valence-electron chi connectivity index (χ1n) is 12.4. The molecule has 186 valence electrons. The van der Waals surface area contributed by atoms with Crippen molar-refractivity contribution in [3.8, 4) is 11.1 Å². The molecule has 0 unspecified atom stereocenters. The van der Waals surface area contributed by atoms with Gasteiger partial charge < -0.3 is 20.5 Å².